The summed E-state index contributed by atoms with van der Waals surface area (Å²) >= 11 is 0. The van der Waals surface area contributed by atoms with Gasteiger partial charge in [0.1, 0.15) is 18.0 Å². The minimum absolute atomic E-state index is 0.192. The van der Waals surface area contributed by atoms with E-state index in [1.165, 1.54) is 10.5 Å². The number of carbonyl (C=O) groups excluding carboxylic acids is 2. The number of esters is 1. The Bertz CT molecular complexity index is 1100. The summed E-state index contributed by atoms with van der Waals surface area (Å²) in [4.78, 5) is 30.7. The van der Waals surface area contributed by atoms with Crippen molar-refractivity contribution in [2.75, 3.05) is 19.8 Å². The third-order valence-corrected chi connectivity index (χ3v) is 5.30. The predicted octanol–water partition coefficient (Wildman–Crippen LogP) is 5.14. The van der Waals surface area contributed by atoms with Crippen LogP contribution >= 0.6 is 0 Å². The van der Waals surface area contributed by atoms with E-state index in [0.717, 1.165) is 29.0 Å². The van der Waals surface area contributed by atoms with Crippen LogP contribution < -0.4 is 9.47 Å². The number of benzene rings is 2. The lowest BCUT2D eigenvalue weighted by Gasteiger charge is -2.21. The highest BCUT2D eigenvalue weighted by Gasteiger charge is 2.20. The second kappa shape index (κ2) is 13.1. The number of nitrogens with zero attached hydrogens (tertiary/aromatic N) is 2. The molecule has 3 rings (SSSR count). The first kappa shape index (κ1) is 25.7. The minimum Gasteiger partial charge on any atom is -0.493 e. The molecule has 0 spiro atoms. The molecule has 0 saturated heterocycles. The van der Waals surface area contributed by atoms with Crippen molar-refractivity contribution < 1.29 is 23.8 Å². The van der Waals surface area contributed by atoms with E-state index in [2.05, 4.69) is 18.0 Å². The highest BCUT2D eigenvalue weighted by molar-refractivity contribution is 5.79. The monoisotopic (exact) mass is 476 g/mol. The van der Waals surface area contributed by atoms with Crippen LogP contribution in [0.5, 0.6) is 11.5 Å². The zero-order chi connectivity index (χ0) is 25.0. The molecule has 3 aromatic rings. The molecule has 7 heteroatoms. The van der Waals surface area contributed by atoms with Gasteiger partial charge in [0.15, 0.2) is 0 Å². The maximum atomic E-state index is 12.8. The van der Waals surface area contributed by atoms with Crippen molar-refractivity contribution in [3.63, 3.8) is 0 Å². The Hall–Kier alpha value is -3.87. The van der Waals surface area contributed by atoms with Gasteiger partial charge in [0.05, 0.1) is 13.2 Å². The van der Waals surface area contributed by atoms with Gasteiger partial charge in [-0.15, -0.1) is 0 Å². The molecule has 0 unspecified atom stereocenters. The van der Waals surface area contributed by atoms with E-state index in [0.29, 0.717) is 18.8 Å². The molecule has 0 bridgehead atoms. The number of amides is 1. The molecule has 0 radical (unpaired) electrons. The Morgan fingerprint density at radius 2 is 1.71 bits per heavy atom. The van der Waals surface area contributed by atoms with E-state index >= 15 is 0 Å². The predicted molar refractivity (Wildman–Crippen MR) is 134 cm³/mol. The van der Waals surface area contributed by atoms with Gasteiger partial charge in [-0.3, -0.25) is 14.7 Å². The van der Waals surface area contributed by atoms with Crippen LogP contribution in [-0.2, 0) is 28.9 Å². The van der Waals surface area contributed by atoms with Crippen molar-refractivity contribution in [1.82, 2.24) is 9.88 Å². The maximum absolute atomic E-state index is 12.8. The molecule has 1 heterocycles. The normalized spacial score (nSPS) is 10.5. The Balaban J connectivity index is 1.58. The van der Waals surface area contributed by atoms with E-state index in [1.807, 2.05) is 55.6 Å². The Morgan fingerprint density at radius 3 is 2.37 bits per heavy atom. The minimum atomic E-state index is -0.620. The molecule has 1 aromatic heterocycles. The molecular formula is C28H32N2O5. The summed E-state index contributed by atoms with van der Waals surface area (Å²) in [6, 6.07) is 18.7. The van der Waals surface area contributed by atoms with Crippen LogP contribution in [0.3, 0.4) is 0 Å². The molecular weight excluding hydrogens is 444 g/mol. The third-order valence-electron chi connectivity index (χ3n) is 5.30. The van der Waals surface area contributed by atoms with Gasteiger partial charge >= 0.3 is 12.1 Å². The number of rotatable bonds is 11. The van der Waals surface area contributed by atoms with E-state index < -0.39 is 12.1 Å². The fourth-order valence-corrected chi connectivity index (χ4v) is 3.39. The zero-order valence-corrected chi connectivity index (χ0v) is 20.5. The largest absolute Gasteiger partial charge is 0.493 e. The summed E-state index contributed by atoms with van der Waals surface area (Å²) in [5, 5.41) is 0. The molecule has 0 aliphatic rings. The quantitative estimate of drug-likeness (QED) is 0.357. The van der Waals surface area contributed by atoms with Crippen molar-refractivity contribution in [2.24, 2.45) is 0 Å². The van der Waals surface area contributed by atoms with E-state index in [4.69, 9.17) is 14.2 Å². The Labute approximate surface area is 206 Å². The van der Waals surface area contributed by atoms with Crippen molar-refractivity contribution in [2.45, 2.75) is 40.2 Å². The highest BCUT2D eigenvalue weighted by Crippen LogP contribution is 2.17. The molecule has 0 atom stereocenters. The van der Waals surface area contributed by atoms with Crippen LogP contribution in [0.1, 0.15) is 36.2 Å². The molecule has 0 N–H and O–H groups in total. The summed E-state index contributed by atoms with van der Waals surface area (Å²) in [7, 11) is 0. The smallest absolute Gasteiger partial charge is 0.416 e. The molecule has 0 saturated carbocycles. The molecule has 1 amide bonds. The van der Waals surface area contributed by atoms with Crippen LogP contribution in [0.25, 0.3) is 0 Å². The summed E-state index contributed by atoms with van der Waals surface area (Å²) in [6.07, 6.45) is 2.96. The first-order valence-electron chi connectivity index (χ1n) is 11.8. The molecule has 0 aliphatic carbocycles. The van der Waals surface area contributed by atoms with Crippen LogP contribution in [-0.4, -0.2) is 41.7 Å². The lowest BCUT2D eigenvalue weighted by Crippen LogP contribution is -2.38. The van der Waals surface area contributed by atoms with Gasteiger partial charge in [0, 0.05) is 24.9 Å². The van der Waals surface area contributed by atoms with Crippen molar-refractivity contribution in [3.8, 4) is 11.5 Å². The van der Waals surface area contributed by atoms with Crippen molar-refractivity contribution >= 4 is 12.1 Å². The molecule has 0 fully saturated rings. The first-order chi connectivity index (χ1) is 17.0. The van der Waals surface area contributed by atoms with Gasteiger partial charge in [-0.1, -0.05) is 37.3 Å². The summed E-state index contributed by atoms with van der Waals surface area (Å²) in [6.45, 7) is 6.47. The maximum Gasteiger partial charge on any atom is 0.416 e. The first-order valence-corrected chi connectivity index (χ1v) is 11.8. The average Bonchev–Trinajstić information content (AvgIpc) is 2.85. The number of aryl methyl sites for hydroxylation is 2. The summed E-state index contributed by atoms with van der Waals surface area (Å²) in [5.41, 5.74) is 4.00. The summed E-state index contributed by atoms with van der Waals surface area (Å²) in [5.74, 6) is 0.652. The second-order valence-corrected chi connectivity index (χ2v) is 8.10. The van der Waals surface area contributed by atoms with Gasteiger partial charge in [-0.05, 0) is 67.3 Å². The van der Waals surface area contributed by atoms with Gasteiger partial charge in [0.25, 0.3) is 0 Å². The lowest BCUT2D eigenvalue weighted by molar-refractivity contribution is -0.144. The standard InChI is InChI=1S/C28H32N2O5/c1-4-22-9-12-24(29-18-22)15-16-34-25-13-10-23(11-14-25)19-30(20-27(31)33-5-2)28(32)35-26-8-6-7-21(3)17-26/h6-14,17-18H,4-5,15-16,19-20H2,1-3H3. The number of carbonyl (C=O) groups is 2. The topological polar surface area (TPSA) is 78.0 Å². The third kappa shape index (κ3) is 8.45. The van der Waals surface area contributed by atoms with Crippen molar-refractivity contribution in [3.05, 3.63) is 89.2 Å². The zero-order valence-electron chi connectivity index (χ0n) is 20.5. The van der Waals surface area contributed by atoms with Gasteiger partial charge in [0.2, 0.25) is 0 Å². The van der Waals surface area contributed by atoms with E-state index in [-0.39, 0.29) is 19.7 Å². The van der Waals surface area contributed by atoms with Gasteiger partial charge in [-0.25, -0.2) is 4.79 Å². The van der Waals surface area contributed by atoms with Gasteiger partial charge < -0.3 is 14.2 Å². The molecule has 0 aliphatic heterocycles. The number of hydrogen-bond donors (Lipinski definition) is 0. The second-order valence-electron chi connectivity index (χ2n) is 8.10. The van der Waals surface area contributed by atoms with Crippen LogP contribution in [0.2, 0.25) is 0 Å². The van der Waals surface area contributed by atoms with Crippen LogP contribution in [0.4, 0.5) is 4.79 Å². The fourth-order valence-electron chi connectivity index (χ4n) is 3.39. The Morgan fingerprint density at radius 1 is 0.943 bits per heavy atom. The van der Waals surface area contributed by atoms with E-state index in [1.54, 1.807) is 19.1 Å². The lowest BCUT2D eigenvalue weighted by atomic mass is 10.2. The summed E-state index contributed by atoms with van der Waals surface area (Å²) < 4.78 is 16.4. The molecule has 7 nitrogen and oxygen atoms in total. The number of aromatic nitrogens is 1. The molecule has 2 aromatic carbocycles. The van der Waals surface area contributed by atoms with Crippen LogP contribution in [0.15, 0.2) is 66.9 Å². The number of pyridine rings is 1. The molecule has 184 valence electrons. The number of hydrogen-bond acceptors (Lipinski definition) is 6. The number of ether oxygens (including phenoxy) is 3. The average molecular weight is 477 g/mol. The fraction of sp³-hybridized carbons (Fsp3) is 0.321. The Kier molecular flexibility index (Phi) is 9.66. The molecule has 35 heavy (non-hydrogen) atoms. The SMILES string of the molecule is CCOC(=O)CN(Cc1ccc(OCCc2ccc(CC)cn2)cc1)C(=O)Oc1cccc(C)c1. The van der Waals surface area contributed by atoms with Crippen molar-refractivity contribution in [1.29, 1.82) is 0 Å². The highest BCUT2D eigenvalue weighted by atomic mass is 16.6. The van der Waals surface area contributed by atoms with E-state index in [9.17, 15) is 9.59 Å². The van der Waals surface area contributed by atoms with Gasteiger partial charge in [-0.2, -0.15) is 0 Å². The van der Waals surface area contributed by atoms with Crippen LogP contribution in [0, 0.1) is 6.92 Å².